The summed E-state index contributed by atoms with van der Waals surface area (Å²) in [4.78, 5) is 20.8. The summed E-state index contributed by atoms with van der Waals surface area (Å²) in [6, 6.07) is 14.0. The number of piperazine rings is 1. The topological polar surface area (TPSA) is 93.2 Å². The Morgan fingerprint density at radius 2 is 1.82 bits per heavy atom. The van der Waals surface area contributed by atoms with Gasteiger partial charge in [-0.25, -0.2) is 4.68 Å². The van der Waals surface area contributed by atoms with Crippen LogP contribution < -0.4 is 10.7 Å². The van der Waals surface area contributed by atoms with Crippen LogP contribution in [0.1, 0.15) is 0 Å². The van der Waals surface area contributed by atoms with Crippen LogP contribution in [0.2, 0.25) is 0 Å². The second-order valence-corrected chi connectivity index (χ2v) is 7.35. The minimum absolute atomic E-state index is 0.0867. The number of anilines is 1. The highest BCUT2D eigenvalue weighted by Crippen LogP contribution is 2.22. The van der Waals surface area contributed by atoms with Gasteiger partial charge in [0.05, 0.1) is 5.75 Å². The molecule has 144 valence electrons. The van der Waals surface area contributed by atoms with Crippen LogP contribution in [0.3, 0.4) is 0 Å². The number of nitrogen functional groups attached to an aromatic ring is 1. The second kappa shape index (κ2) is 8.30. The van der Waals surface area contributed by atoms with Crippen LogP contribution in [0.25, 0.3) is 11.4 Å². The van der Waals surface area contributed by atoms with E-state index in [4.69, 9.17) is 5.84 Å². The Kier molecular flexibility index (Phi) is 5.43. The van der Waals surface area contributed by atoms with E-state index in [2.05, 4.69) is 32.2 Å². The first-order valence-corrected chi connectivity index (χ1v) is 10.0. The summed E-state index contributed by atoms with van der Waals surface area (Å²) in [5, 5.41) is 8.73. The van der Waals surface area contributed by atoms with Crippen LogP contribution in [0.5, 0.6) is 0 Å². The number of nitrogens with two attached hydrogens (primary N) is 1. The maximum Gasteiger partial charge on any atom is 0.233 e. The van der Waals surface area contributed by atoms with Gasteiger partial charge < -0.3 is 15.6 Å². The van der Waals surface area contributed by atoms with Crippen molar-refractivity contribution < 1.29 is 4.79 Å². The number of para-hydroxylation sites is 1. The molecule has 0 atom stereocenters. The van der Waals surface area contributed by atoms with Crippen molar-refractivity contribution in [2.45, 2.75) is 5.16 Å². The van der Waals surface area contributed by atoms with E-state index < -0.39 is 0 Å². The van der Waals surface area contributed by atoms with Crippen LogP contribution in [-0.2, 0) is 4.79 Å². The van der Waals surface area contributed by atoms with Gasteiger partial charge in [-0.2, -0.15) is 0 Å². The summed E-state index contributed by atoms with van der Waals surface area (Å²) in [5.74, 6) is 6.99. The maximum absolute atomic E-state index is 12.6. The molecule has 4 rings (SSSR count). The van der Waals surface area contributed by atoms with Crippen molar-refractivity contribution in [1.82, 2.24) is 24.8 Å². The Morgan fingerprint density at radius 1 is 1.04 bits per heavy atom. The van der Waals surface area contributed by atoms with E-state index in [1.54, 1.807) is 12.4 Å². The highest BCUT2D eigenvalue weighted by atomic mass is 32.2. The van der Waals surface area contributed by atoms with Crippen LogP contribution in [0.15, 0.2) is 60.0 Å². The molecule has 2 N–H and O–H groups in total. The van der Waals surface area contributed by atoms with Crippen molar-refractivity contribution in [1.29, 1.82) is 0 Å². The molecule has 0 spiro atoms. The van der Waals surface area contributed by atoms with Gasteiger partial charge in [-0.15, -0.1) is 10.2 Å². The van der Waals surface area contributed by atoms with Gasteiger partial charge in [0.25, 0.3) is 0 Å². The lowest BCUT2D eigenvalue weighted by atomic mass is 10.2. The summed E-state index contributed by atoms with van der Waals surface area (Å²) >= 11 is 1.30. The first kappa shape index (κ1) is 18.3. The zero-order valence-corrected chi connectivity index (χ0v) is 16.1. The van der Waals surface area contributed by atoms with Crippen molar-refractivity contribution in [3.63, 3.8) is 0 Å². The number of rotatable bonds is 5. The van der Waals surface area contributed by atoms with Crippen molar-refractivity contribution in [2.75, 3.05) is 42.7 Å². The summed E-state index contributed by atoms with van der Waals surface area (Å²) < 4.78 is 1.41. The number of benzene rings is 1. The number of nitrogens with zero attached hydrogens (tertiary/aromatic N) is 6. The van der Waals surface area contributed by atoms with Gasteiger partial charge in [0.15, 0.2) is 5.82 Å². The summed E-state index contributed by atoms with van der Waals surface area (Å²) in [6.45, 7) is 3.09. The second-order valence-electron chi connectivity index (χ2n) is 6.41. The van der Waals surface area contributed by atoms with E-state index >= 15 is 0 Å². The average Bonchev–Trinajstić information content (AvgIpc) is 3.13. The Morgan fingerprint density at radius 3 is 2.54 bits per heavy atom. The number of thioether (sulfide) groups is 1. The molecule has 0 unspecified atom stereocenters. The predicted molar refractivity (Wildman–Crippen MR) is 109 cm³/mol. The van der Waals surface area contributed by atoms with E-state index in [1.165, 1.54) is 22.1 Å². The fourth-order valence-corrected chi connectivity index (χ4v) is 3.90. The van der Waals surface area contributed by atoms with Gasteiger partial charge in [0.1, 0.15) is 0 Å². The SMILES string of the molecule is Nn1c(SCC(=O)N2CCN(c3ccccc3)CC2)nnc1-c1cccnc1. The molecule has 3 aromatic rings. The van der Waals surface area contributed by atoms with Crippen molar-refractivity contribution in [3.8, 4) is 11.4 Å². The number of pyridine rings is 1. The molecule has 28 heavy (non-hydrogen) atoms. The molecule has 8 nitrogen and oxygen atoms in total. The van der Waals surface area contributed by atoms with Crippen molar-refractivity contribution in [3.05, 3.63) is 54.9 Å². The van der Waals surface area contributed by atoms with E-state index in [0.717, 1.165) is 18.7 Å². The summed E-state index contributed by atoms with van der Waals surface area (Å²) in [7, 11) is 0. The van der Waals surface area contributed by atoms with E-state index in [9.17, 15) is 4.79 Å². The zero-order chi connectivity index (χ0) is 19.3. The van der Waals surface area contributed by atoms with Crippen LogP contribution in [0.4, 0.5) is 5.69 Å². The molecule has 1 aliphatic heterocycles. The predicted octanol–water partition coefficient (Wildman–Crippen LogP) is 1.49. The Labute approximate surface area is 167 Å². The average molecular weight is 395 g/mol. The van der Waals surface area contributed by atoms with E-state index in [-0.39, 0.29) is 11.7 Å². The van der Waals surface area contributed by atoms with Crippen LogP contribution in [0, 0.1) is 0 Å². The third kappa shape index (κ3) is 3.94. The smallest absolute Gasteiger partial charge is 0.233 e. The fourth-order valence-electron chi connectivity index (χ4n) is 3.14. The van der Waals surface area contributed by atoms with E-state index in [1.807, 2.05) is 35.2 Å². The lowest BCUT2D eigenvalue weighted by Gasteiger charge is -2.36. The maximum atomic E-state index is 12.6. The lowest BCUT2D eigenvalue weighted by molar-refractivity contribution is -0.128. The molecule has 2 aromatic heterocycles. The zero-order valence-electron chi connectivity index (χ0n) is 15.3. The summed E-state index contributed by atoms with van der Waals surface area (Å²) in [6.07, 6.45) is 3.37. The molecule has 9 heteroatoms. The quantitative estimate of drug-likeness (QED) is 0.517. The largest absolute Gasteiger partial charge is 0.368 e. The van der Waals surface area contributed by atoms with Crippen LogP contribution >= 0.6 is 11.8 Å². The molecule has 1 saturated heterocycles. The van der Waals surface area contributed by atoms with Gasteiger partial charge in [0.2, 0.25) is 11.1 Å². The molecule has 0 bridgehead atoms. The van der Waals surface area contributed by atoms with Gasteiger partial charge >= 0.3 is 0 Å². The van der Waals surface area contributed by atoms with Crippen LogP contribution in [-0.4, -0.2) is 62.6 Å². The Balaban J connectivity index is 1.31. The highest BCUT2D eigenvalue weighted by Gasteiger charge is 2.22. The number of amides is 1. The summed E-state index contributed by atoms with van der Waals surface area (Å²) in [5.41, 5.74) is 1.98. The molecule has 1 aliphatic rings. The van der Waals surface area contributed by atoms with Gasteiger partial charge in [-0.3, -0.25) is 9.78 Å². The first-order valence-electron chi connectivity index (χ1n) is 9.04. The number of carbonyl (C=O) groups is 1. The number of hydrogen-bond donors (Lipinski definition) is 1. The molecular formula is C19H21N7OS. The third-order valence-electron chi connectivity index (χ3n) is 4.66. The number of carbonyl (C=O) groups excluding carboxylic acids is 1. The monoisotopic (exact) mass is 395 g/mol. The van der Waals surface area contributed by atoms with Gasteiger partial charge in [-0.05, 0) is 24.3 Å². The molecule has 1 amide bonds. The Bertz CT molecular complexity index is 924. The van der Waals surface area contributed by atoms with Crippen molar-refractivity contribution >= 4 is 23.4 Å². The molecular weight excluding hydrogens is 374 g/mol. The minimum atomic E-state index is 0.0867. The molecule has 1 fully saturated rings. The molecule has 1 aromatic carbocycles. The standard InChI is InChI=1S/C19H21N7OS/c20-26-18(15-5-4-8-21-13-15)22-23-19(26)28-14-17(27)25-11-9-24(10-12-25)16-6-2-1-3-7-16/h1-8,13H,9-12,14,20H2. The molecule has 0 radical (unpaired) electrons. The number of aromatic nitrogens is 4. The van der Waals surface area contributed by atoms with E-state index in [0.29, 0.717) is 24.1 Å². The van der Waals surface area contributed by atoms with Crippen molar-refractivity contribution in [2.24, 2.45) is 0 Å². The Hall–Kier alpha value is -3.07. The van der Waals surface area contributed by atoms with Gasteiger partial charge in [-0.1, -0.05) is 30.0 Å². The lowest BCUT2D eigenvalue weighted by Crippen LogP contribution is -2.49. The normalized spacial score (nSPS) is 14.3. The minimum Gasteiger partial charge on any atom is -0.368 e. The molecule has 0 aliphatic carbocycles. The molecule has 0 saturated carbocycles. The fraction of sp³-hybridized carbons (Fsp3) is 0.263. The molecule has 3 heterocycles. The van der Waals surface area contributed by atoms with Gasteiger partial charge in [0, 0.05) is 49.8 Å². The third-order valence-corrected chi connectivity index (χ3v) is 5.59. The number of hydrogen-bond acceptors (Lipinski definition) is 7. The first-order chi connectivity index (χ1) is 13.7. The highest BCUT2D eigenvalue weighted by molar-refractivity contribution is 7.99.